The quantitative estimate of drug-likeness (QED) is 0.725. The molecule has 0 spiro atoms. The minimum Gasteiger partial charge on any atom is -0.435 e. The van der Waals surface area contributed by atoms with Gasteiger partial charge in [-0.05, 0) is 6.07 Å². The van der Waals surface area contributed by atoms with Crippen molar-refractivity contribution in [1.29, 1.82) is 5.26 Å². The first-order chi connectivity index (χ1) is 7.08. The maximum Gasteiger partial charge on any atom is 0.387 e. The summed E-state index contributed by atoms with van der Waals surface area (Å²) in [6, 6.07) is 2.94. The van der Waals surface area contributed by atoms with Crippen LogP contribution in [0.25, 0.3) is 0 Å². The number of alkyl halides is 2. The van der Waals surface area contributed by atoms with E-state index in [1.54, 1.807) is 0 Å². The van der Waals surface area contributed by atoms with E-state index in [-0.39, 0.29) is 11.8 Å². The van der Waals surface area contributed by atoms with Crippen LogP contribution in [0.4, 0.5) is 13.2 Å². The molecule has 1 aromatic rings. The highest BCUT2D eigenvalue weighted by Crippen LogP contribution is 2.21. The largest absolute Gasteiger partial charge is 0.435 e. The van der Waals surface area contributed by atoms with E-state index in [0.29, 0.717) is 6.07 Å². The van der Waals surface area contributed by atoms with Crippen LogP contribution in [-0.2, 0) is 0 Å². The Morgan fingerprint density at radius 1 is 1.47 bits per heavy atom. The molecule has 0 saturated heterocycles. The molecule has 0 aliphatic heterocycles. The normalized spacial score (nSPS) is 9.80. The molecule has 1 rings (SSSR count). The van der Waals surface area contributed by atoms with Crippen LogP contribution in [0.3, 0.4) is 0 Å². The summed E-state index contributed by atoms with van der Waals surface area (Å²) in [4.78, 5) is 10.4. The summed E-state index contributed by atoms with van der Waals surface area (Å²) in [5, 5.41) is 8.47. The summed E-state index contributed by atoms with van der Waals surface area (Å²) < 4.78 is 40.5. The molecular formula is C9H4F3NO2. The van der Waals surface area contributed by atoms with Gasteiger partial charge in [0.2, 0.25) is 0 Å². The predicted molar refractivity (Wildman–Crippen MR) is 43.1 cm³/mol. The summed E-state index contributed by atoms with van der Waals surface area (Å²) >= 11 is 0. The number of hydrogen-bond donors (Lipinski definition) is 0. The van der Waals surface area contributed by atoms with Gasteiger partial charge in [-0.2, -0.15) is 14.0 Å². The lowest BCUT2D eigenvalue weighted by Gasteiger charge is -2.06. The van der Waals surface area contributed by atoms with Crippen molar-refractivity contribution in [2.45, 2.75) is 6.61 Å². The van der Waals surface area contributed by atoms with Crippen molar-refractivity contribution in [2.75, 3.05) is 0 Å². The first kappa shape index (κ1) is 11.0. The van der Waals surface area contributed by atoms with Gasteiger partial charge in [0.05, 0.1) is 5.56 Å². The van der Waals surface area contributed by atoms with Crippen molar-refractivity contribution in [1.82, 2.24) is 0 Å². The van der Waals surface area contributed by atoms with Gasteiger partial charge in [-0.3, -0.25) is 4.79 Å². The molecule has 0 heterocycles. The second-order valence-electron chi connectivity index (χ2n) is 2.48. The maximum absolute atomic E-state index is 13.0. The molecular weight excluding hydrogens is 211 g/mol. The van der Waals surface area contributed by atoms with E-state index in [1.807, 2.05) is 0 Å². The number of nitrogens with zero attached hydrogens (tertiary/aromatic N) is 1. The molecule has 0 aliphatic rings. The van der Waals surface area contributed by atoms with E-state index in [4.69, 9.17) is 5.26 Å². The average Bonchev–Trinajstić information content (AvgIpc) is 2.15. The maximum atomic E-state index is 13.0. The Morgan fingerprint density at radius 3 is 2.60 bits per heavy atom. The summed E-state index contributed by atoms with van der Waals surface area (Å²) in [5.41, 5.74) is -0.820. The van der Waals surface area contributed by atoms with Gasteiger partial charge in [-0.1, -0.05) is 0 Å². The molecule has 1 aromatic carbocycles. The zero-order valence-electron chi connectivity index (χ0n) is 7.21. The molecule has 0 N–H and O–H groups in total. The van der Waals surface area contributed by atoms with Crippen LogP contribution in [-0.4, -0.2) is 12.9 Å². The highest BCUT2D eigenvalue weighted by atomic mass is 19.3. The van der Waals surface area contributed by atoms with Crippen molar-refractivity contribution >= 4 is 6.29 Å². The first-order valence-electron chi connectivity index (χ1n) is 3.72. The SMILES string of the molecule is N#Cc1c(F)cc(OC(F)F)cc1C=O. The number of carbonyl (C=O) groups is 1. The number of halogens is 3. The molecule has 0 atom stereocenters. The number of hydrogen-bond acceptors (Lipinski definition) is 3. The number of rotatable bonds is 3. The van der Waals surface area contributed by atoms with Crippen molar-refractivity contribution in [3.63, 3.8) is 0 Å². The van der Waals surface area contributed by atoms with E-state index in [1.165, 1.54) is 6.07 Å². The van der Waals surface area contributed by atoms with E-state index < -0.39 is 23.7 Å². The Hall–Kier alpha value is -2.03. The summed E-state index contributed by atoms with van der Waals surface area (Å²) in [6.45, 7) is -3.11. The van der Waals surface area contributed by atoms with Crippen molar-refractivity contribution in [2.24, 2.45) is 0 Å². The monoisotopic (exact) mass is 215 g/mol. The van der Waals surface area contributed by atoms with Crippen molar-refractivity contribution in [3.8, 4) is 11.8 Å². The average molecular weight is 215 g/mol. The van der Waals surface area contributed by atoms with Gasteiger partial charge in [-0.15, -0.1) is 0 Å². The minimum absolute atomic E-state index is 0.194. The fourth-order valence-corrected chi connectivity index (χ4v) is 0.984. The van der Waals surface area contributed by atoms with Crippen molar-refractivity contribution < 1.29 is 22.7 Å². The lowest BCUT2D eigenvalue weighted by atomic mass is 10.1. The fraction of sp³-hybridized carbons (Fsp3) is 0.111. The van der Waals surface area contributed by atoms with Gasteiger partial charge in [0.1, 0.15) is 17.6 Å². The third kappa shape index (κ3) is 2.47. The number of nitriles is 1. The second-order valence-corrected chi connectivity index (χ2v) is 2.48. The Kier molecular flexibility index (Phi) is 3.29. The number of benzene rings is 1. The molecule has 0 saturated carbocycles. The third-order valence-electron chi connectivity index (χ3n) is 1.56. The Balaban J connectivity index is 3.21. The van der Waals surface area contributed by atoms with Gasteiger partial charge in [0.15, 0.2) is 6.29 Å². The highest BCUT2D eigenvalue weighted by molar-refractivity contribution is 5.80. The molecule has 0 fully saturated rings. The topological polar surface area (TPSA) is 50.1 Å². The van der Waals surface area contributed by atoms with E-state index in [2.05, 4.69) is 4.74 Å². The van der Waals surface area contributed by atoms with Gasteiger partial charge in [0.25, 0.3) is 0 Å². The van der Waals surface area contributed by atoms with Gasteiger partial charge < -0.3 is 4.74 Å². The minimum atomic E-state index is -3.11. The van der Waals surface area contributed by atoms with Crippen LogP contribution < -0.4 is 4.74 Å². The van der Waals surface area contributed by atoms with Crippen LogP contribution in [0.5, 0.6) is 5.75 Å². The Bertz CT molecular complexity index is 426. The Labute approximate surface area is 82.7 Å². The van der Waals surface area contributed by atoms with Crippen LogP contribution in [0, 0.1) is 17.1 Å². The van der Waals surface area contributed by atoms with Gasteiger partial charge >= 0.3 is 6.61 Å². The number of aldehydes is 1. The second kappa shape index (κ2) is 4.46. The van der Waals surface area contributed by atoms with E-state index in [9.17, 15) is 18.0 Å². The molecule has 0 unspecified atom stereocenters. The highest BCUT2D eigenvalue weighted by Gasteiger charge is 2.13. The van der Waals surface area contributed by atoms with Crippen LogP contribution >= 0.6 is 0 Å². The van der Waals surface area contributed by atoms with Gasteiger partial charge in [-0.25, -0.2) is 4.39 Å². The van der Waals surface area contributed by atoms with E-state index in [0.717, 1.165) is 6.07 Å². The summed E-state index contributed by atoms with van der Waals surface area (Å²) in [5.74, 6) is -1.57. The fourth-order valence-electron chi connectivity index (χ4n) is 0.984. The smallest absolute Gasteiger partial charge is 0.387 e. The Morgan fingerprint density at radius 2 is 2.13 bits per heavy atom. The standard InChI is InChI=1S/C9H4F3NO2/c10-8-2-6(15-9(11)12)1-5(4-14)7(8)3-13/h1-2,4,9H. The van der Waals surface area contributed by atoms with Crippen LogP contribution in [0.15, 0.2) is 12.1 Å². The summed E-state index contributed by atoms with van der Waals surface area (Å²) in [7, 11) is 0. The lowest BCUT2D eigenvalue weighted by molar-refractivity contribution is -0.0500. The predicted octanol–water partition coefficient (Wildman–Crippen LogP) is 2.11. The summed E-state index contributed by atoms with van der Waals surface area (Å²) in [6.07, 6.45) is 0.194. The number of ether oxygens (including phenoxy) is 1. The molecule has 0 aromatic heterocycles. The molecule has 78 valence electrons. The third-order valence-corrected chi connectivity index (χ3v) is 1.56. The molecule has 6 heteroatoms. The van der Waals surface area contributed by atoms with Gasteiger partial charge in [0, 0.05) is 11.6 Å². The van der Waals surface area contributed by atoms with Crippen molar-refractivity contribution in [3.05, 3.63) is 29.1 Å². The molecule has 3 nitrogen and oxygen atoms in total. The zero-order chi connectivity index (χ0) is 11.4. The molecule has 0 bridgehead atoms. The van der Waals surface area contributed by atoms with Crippen LogP contribution in [0.2, 0.25) is 0 Å². The number of carbonyl (C=O) groups excluding carboxylic acids is 1. The van der Waals surface area contributed by atoms with E-state index >= 15 is 0 Å². The molecule has 0 radical (unpaired) electrons. The molecule has 15 heavy (non-hydrogen) atoms. The van der Waals surface area contributed by atoms with Crippen LogP contribution in [0.1, 0.15) is 15.9 Å². The zero-order valence-corrected chi connectivity index (χ0v) is 7.21. The molecule has 0 amide bonds. The first-order valence-corrected chi connectivity index (χ1v) is 3.72. The lowest BCUT2D eigenvalue weighted by Crippen LogP contribution is -2.04. The molecule has 0 aliphatic carbocycles.